The predicted molar refractivity (Wildman–Crippen MR) is 105 cm³/mol. The van der Waals surface area contributed by atoms with Crippen molar-refractivity contribution in [3.63, 3.8) is 0 Å². The number of hydrogen-bond acceptors (Lipinski definition) is 6. The van der Waals surface area contributed by atoms with Crippen molar-refractivity contribution in [2.45, 2.75) is 13.0 Å². The van der Waals surface area contributed by atoms with Gasteiger partial charge in [-0.1, -0.05) is 18.2 Å². The zero-order valence-electron chi connectivity index (χ0n) is 16.3. The highest BCUT2D eigenvalue weighted by Gasteiger charge is 2.47. The average Bonchev–Trinajstić information content (AvgIpc) is 3.16. The Morgan fingerprint density at radius 3 is 2.87 bits per heavy atom. The van der Waals surface area contributed by atoms with Crippen LogP contribution in [0.5, 0.6) is 0 Å². The molecule has 0 saturated carbocycles. The van der Waals surface area contributed by atoms with Gasteiger partial charge >= 0.3 is 6.09 Å². The molecule has 0 atom stereocenters. The van der Waals surface area contributed by atoms with Crippen LogP contribution in [-0.2, 0) is 16.1 Å². The van der Waals surface area contributed by atoms with E-state index >= 15 is 0 Å². The lowest BCUT2D eigenvalue weighted by atomic mass is 9.79. The molecule has 1 amide bonds. The monoisotopic (exact) mass is 419 g/mol. The van der Waals surface area contributed by atoms with Gasteiger partial charge in [-0.15, -0.1) is 0 Å². The highest BCUT2D eigenvalue weighted by molar-refractivity contribution is 5.90. The largest absolute Gasteiger partial charge is 0.444 e. The summed E-state index contributed by atoms with van der Waals surface area (Å²) in [4.78, 5) is 13.4. The summed E-state index contributed by atoms with van der Waals surface area (Å²) < 4.78 is 40.0. The molecule has 3 aliphatic heterocycles. The molecule has 30 heavy (non-hydrogen) atoms. The van der Waals surface area contributed by atoms with Crippen molar-refractivity contribution >= 4 is 17.6 Å². The van der Waals surface area contributed by atoms with Gasteiger partial charge in [0.25, 0.3) is 0 Å². The summed E-state index contributed by atoms with van der Waals surface area (Å²) in [6.45, 7) is 2.88. The molecule has 160 valence electrons. The quantitative estimate of drug-likeness (QED) is 0.437. The minimum absolute atomic E-state index is 0.133. The second-order valence-corrected chi connectivity index (χ2v) is 7.77. The predicted octanol–water partition coefficient (Wildman–Crippen LogP) is 1.79. The molecule has 0 radical (unpaired) electrons. The van der Waals surface area contributed by atoms with Crippen molar-refractivity contribution in [3.05, 3.63) is 52.9 Å². The van der Waals surface area contributed by atoms with E-state index in [9.17, 15) is 13.6 Å². The number of hydrogen-bond donors (Lipinski definition) is 4. The first-order chi connectivity index (χ1) is 14.4. The third kappa shape index (κ3) is 3.95. The number of carbonyl (C=O) groups excluding carboxylic acids is 1. The van der Waals surface area contributed by atoms with E-state index in [0.717, 1.165) is 26.1 Å². The number of guanidine groups is 1. The van der Waals surface area contributed by atoms with Gasteiger partial charge in [-0.05, 0) is 18.1 Å². The second-order valence-electron chi connectivity index (χ2n) is 7.77. The maximum absolute atomic E-state index is 14.9. The molecule has 1 aromatic carbocycles. The molecular formula is C20H23F2N5O3. The second kappa shape index (κ2) is 7.94. The summed E-state index contributed by atoms with van der Waals surface area (Å²) in [5, 5.41) is 12.0. The lowest BCUT2D eigenvalue weighted by Crippen LogP contribution is -2.58. The fourth-order valence-corrected chi connectivity index (χ4v) is 4.02. The fourth-order valence-electron chi connectivity index (χ4n) is 4.02. The first-order valence-electron chi connectivity index (χ1n) is 9.59. The summed E-state index contributed by atoms with van der Waals surface area (Å²) in [6, 6.07) is 4.63. The Morgan fingerprint density at radius 2 is 2.20 bits per heavy atom. The minimum Gasteiger partial charge on any atom is -0.444 e. The number of dihydropyridines is 1. The number of likely N-dealkylation sites (tertiary alicyclic amines) is 1. The third-order valence-electron chi connectivity index (χ3n) is 5.55. The number of rotatable bonds is 4. The van der Waals surface area contributed by atoms with Crippen LogP contribution in [-0.4, -0.2) is 49.8 Å². The molecule has 1 aromatic rings. The van der Waals surface area contributed by atoms with Crippen LogP contribution in [0.1, 0.15) is 17.5 Å². The number of halogens is 2. The number of nitrogens with one attached hydrogen (secondary N) is 3. The molecule has 8 nitrogen and oxygen atoms in total. The fraction of sp³-hybridized carbons (Fsp3) is 0.400. The van der Waals surface area contributed by atoms with Crippen molar-refractivity contribution < 1.29 is 23.0 Å². The van der Waals surface area contributed by atoms with Gasteiger partial charge in [-0.25, -0.2) is 13.6 Å². The Morgan fingerprint density at radius 1 is 1.40 bits per heavy atom. The molecule has 3 heterocycles. The van der Waals surface area contributed by atoms with Crippen LogP contribution >= 0.6 is 0 Å². The summed E-state index contributed by atoms with van der Waals surface area (Å²) in [5.74, 6) is -1.17. The number of ether oxygens (including phenoxy) is 2. The summed E-state index contributed by atoms with van der Waals surface area (Å²) in [6.07, 6.45) is 1.38. The summed E-state index contributed by atoms with van der Waals surface area (Å²) in [5.41, 5.74) is 6.00. The zero-order valence-corrected chi connectivity index (χ0v) is 16.3. The van der Waals surface area contributed by atoms with E-state index in [1.165, 1.54) is 12.1 Å². The summed E-state index contributed by atoms with van der Waals surface area (Å²) in [7, 11) is 0. The molecule has 2 fully saturated rings. The van der Waals surface area contributed by atoms with Crippen molar-refractivity contribution in [1.29, 1.82) is 5.41 Å². The van der Waals surface area contributed by atoms with Gasteiger partial charge in [0.1, 0.15) is 18.2 Å². The van der Waals surface area contributed by atoms with E-state index in [2.05, 4.69) is 5.32 Å². The lowest BCUT2D eigenvalue weighted by Gasteiger charge is -2.49. The van der Waals surface area contributed by atoms with E-state index in [4.69, 9.17) is 20.6 Å². The molecule has 0 aliphatic carbocycles. The van der Waals surface area contributed by atoms with Crippen LogP contribution in [0.2, 0.25) is 0 Å². The average molecular weight is 419 g/mol. The molecule has 5 N–H and O–H groups in total. The number of nitrogens with two attached hydrogens (primary N) is 1. The van der Waals surface area contributed by atoms with Gasteiger partial charge < -0.3 is 25.4 Å². The van der Waals surface area contributed by atoms with Gasteiger partial charge in [0.15, 0.2) is 11.8 Å². The van der Waals surface area contributed by atoms with Crippen LogP contribution < -0.4 is 16.4 Å². The number of carbonyl (C=O) groups is 1. The van der Waals surface area contributed by atoms with Crippen molar-refractivity contribution in [3.8, 4) is 0 Å². The van der Waals surface area contributed by atoms with Gasteiger partial charge in [0.05, 0.1) is 6.61 Å². The van der Waals surface area contributed by atoms with E-state index in [-0.39, 0.29) is 29.7 Å². The number of nitrogens with zero attached hydrogens (tertiary/aromatic N) is 1. The van der Waals surface area contributed by atoms with Crippen LogP contribution in [0.4, 0.5) is 13.6 Å². The van der Waals surface area contributed by atoms with E-state index in [1.807, 2.05) is 10.2 Å². The number of benzene rings is 1. The molecule has 1 spiro atoms. The Hall–Kier alpha value is -3.14. The SMILES string of the molecule is N=C(N)NC(=O)OCc1cccc(C2=CC(F)=C(N3CC4(CCOC4)C3)NC2)c1F. The van der Waals surface area contributed by atoms with E-state index in [0.29, 0.717) is 18.0 Å². The Bertz CT molecular complexity index is 932. The molecule has 0 aromatic heterocycles. The Labute approximate surface area is 172 Å². The zero-order chi connectivity index (χ0) is 21.3. The molecule has 10 heteroatoms. The van der Waals surface area contributed by atoms with Gasteiger partial charge in [-0.2, -0.15) is 0 Å². The highest BCUT2D eigenvalue weighted by Crippen LogP contribution is 2.41. The van der Waals surface area contributed by atoms with Crippen LogP contribution in [0.25, 0.3) is 5.57 Å². The first kappa shape index (κ1) is 20.1. The number of amides is 1. The maximum atomic E-state index is 14.9. The van der Waals surface area contributed by atoms with Gasteiger partial charge in [0, 0.05) is 42.8 Å². The maximum Gasteiger partial charge on any atom is 0.414 e. The standard InChI is InChI=1S/C20H23F2N5O3/c21-15-6-13(7-25-17(15)27-9-20(10-27)4-5-29-11-20)14-3-1-2-12(16(14)22)8-30-19(28)26-18(23)24/h1-3,6,25H,4-5,7-11H2,(H4,23,24,26,28). The molecule has 0 bridgehead atoms. The normalized spacial score (nSPS) is 19.8. The first-order valence-corrected chi connectivity index (χ1v) is 9.59. The summed E-state index contributed by atoms with van der Waals surface area (Å²) >= 11 is 0. The smallest absolute Gasteiger partial charge is 0.414 e. The minimum atomic E-state index is -0.954. The molecule has 0 unspecified atom stereocenters. The van der Waals surface area contributed by atoms with Gasteiger partial charge in [0.2, 0.25) is 0 Å². The van der Waals surface area contributed by atoms with Crippen molar-refractivity contribution in [2.75, 3.05) is 32.8 Å². The molecule has 3 aliphatic rings. The highest BCUT2D eigenvalue weighted by atomic mass is 19.1. The molecule has 4 rings (SSSR count). The van der Waals surface area contributed by atoms with Gasteiger partial charge in [-0.3, -0.25) is 10.7 Å². The Kier molecular flexibility index (Phi) is 5.33. The molecule has 2 saturated heterocycles. The Balaban J connectivity index is 1.46. The van der Waals surface area contributed by atoms with Crippen LogP contribution in [0.15, 0.2) is 35.9 Å². The van der Waals surface area contributed by atoms with Crippen molar-refractivity contribution in [2.24, 2.45) is 11.1 Å². The lowest BCUT2D eigenvalue weighted by molar-refractivity contribution is 0.0113. The van der Waals surface area contributed by atoms with E-state index in [1.54, 1.807) is 12.1 Å². The van der Waals surface area contributed by atoms with E-state index < -0.39 is 23.7 Å². The van der Waals surface area contributed by atoms with Crippen LogP contribution in [0, 0.1) is 16.6 Å². The number of alkyl carbamates (subject to hydrolysis) is 1. The number of allylic oxidation sites excluding steroid dienone is 2. The topological polar surface area (TPSA) is 113 Å². The molecular weight excluding hydrogens is 396 g/mol. The third-order valence-corrected chi connectivity index (χ3v) is 5.55. The van der Waals surface area contributed by atoms with Crippen molar-refractivity contribution in [1.82, 2.24) is 15.5 Å². The van der Waals surface area contributed by atoms with Crippen LogP contribution in [0.3, 0.4) is 0 Å².